The summed E-state index contributed by atoms with van der Waals surface area (Å²) < 4.78 is 28.8. The molecule has 6 heteroatoms. The summed E-state index contributed by atoms with van der Waals surface area (Å²) in [5.74, 6) is 0.0956. The van der Waals surface area contributed by atoms with E-state index in [0.29, 0.717) is 6.29 Å². The van der Waals surface area contributed by atoms with Crippen LogP contribution in [0.25, 0.3) is 0 Å². The van der Waals surface area contributed by atoms with E-state index in [1.54, 1.807) is 12.1 Å². The second kappa shape index (κ2) is 4.97. The Balaban J connectivity index is 2.40. The number of benzene rings is 1. The molecule has 0 radical (unpaired) electrons. The molecule has 92 valence electrons. The molecule has 0 aliphatic carbocycles. The van der Waals surface area contributed by atoms with Gasteiger partial charge in [-0.05, 0) is 18.2 Å². The van der Waals surface area contributed by atoms with Gasteiger partial charge in [-0.25, -0.2) is 0 Å². The van der Waals surface area contributed by atoms with Crippen molar-refractivity contribution in [1.29, 1.82) is 0 Å². The average molecular weight is 263 g/mol. The molecule has 0 spiro atoms. The minimum absolute atomic E-state index is 0.0568. The maximum Gasteiger partial charge on any atom is 0.339 e. The van der Waals surface area contributed by atoms with E-state index in [-0.39, 0.29) is 16.2 Å². The Labute approximate surface area is 104 Å². The average Bonchev–Trinajstić information content (AvgIpc) is 2.39. The summed E-state index contributed by atoms with van der Waals surface area (Å²) in [6.45, 7) is 0. The molecule has 0 N–H and O–H groups in total. The predicted molar refractivity (Wildman–Crippen MR) is 63.9 cm³/mol. The third kappa shape index (κ3) is 2.54. The van der Waals surface area contributed by atoms with E-state index in [1.165, 1.54) is 36.7 Å². The molecule has 0 bridgehead atoms. The van der Waals surface area contributed by atoms with Gasteiger partial charge in [-0.1, -0.05) is 18.2 Å². The lowest BCUT2D eigenvalue weighted by Crippen LogP contribution is -2.12. The fourth-order valence-corrected chi connectivity index (χ4v) is 2.47. The second-order valence-corrected chi connectivity index (χ2v) is 4.90. The van der Waals surface area contributed by atoms with Gasteiger partial charge in [0.15, 0.2) is 12.0 Å². The molecule has 5 nitrogen and oxygen atoms in total. The van der Waals surface area contributed by atoms with Crippen molar-refractivity contribution in [3.05, 3.63) is 54.4 Å². The van der Waals surface area contributed by atoms with Crippen LogP contribution in [0, 0.1) is 0 Å². The van der Waals surface area contributed by atoms with Crippen LogP contribution < -0.4 is 4.18 Å². The number of rotatable bonds is 4. The SMILES string of the molecule is O=Cc1ccccc1S(=O)(=O)Oc1cccnc1. The van der Waals surface area contributed by atoms with E-state index >= 15 is 0 Å². The van der Waals surface area contributed by atoms with Gasteiger partial charge in [-0.3, -0.25) is 9.78 Å². The van der Waals surface area contributed by atoms with Gasteiger partial charge in [0.2, 0.25) is 0 Å². The molecular weight excluding hydrogens is 254 g/mol. The van der Waals surface area contributed by atoms with E-state index in [2.05, 4.69) is 4.98 Å². The molecule has 0 saturated carbocycles. The van der Waals surface area contributed by atoms with Gasteiger partial charge < -0.3 is 4.18 Å². The normalized spacial score (nSPS) is 10.9. The van der Waals surface area contributed by atoms with Crippen molar-refractivity contribution >= 4 is 16.4 Å². The molecule has 0 amide bonds. The van der Waals surface area contributed by atoms with E-state index in [0.717, 1.165) is 0 Å². The van der Waals surface area contributed by atoms with Crippen LogP contribution in [-0.2, 0) is 10.1 Å². The quantitative estimate of drug-likeness (QED) is 0.619. The maximum atomic E-state index is 12.0. The fraction of sp³-hybridized carbons (Fsp3) is 0. The van der Waals surface area contributed by atoms with E-state index < -0.39 is 10.1 Å². The third-order valence-electron chi connectivity index (χ3n) is 2.16. The summed E-state index contributed by atoms with van der Waals surface area (Å²) >= 11 is 0. The van der Waals surface area contributed by atoms with Crippen molar-refractivity contribution in [2.75, 3.05) is 0 Å². The van der Waals surface area contributed by atoms with Gasteiger partial charge in [0.25, 0.3) is 0 Å². The largest absolute Gasteiger partial charge is 0.377 e. The highest BCUT2D eigenvalue weighted by Gasteiger charge is 2.20. The molecule has 0 saturated heterocycles. The molecule has 1 aromatic carbocycles. The first-order valence-corrected chi connectivity index (χ1v) is 6.43. The molecule has 0 aliphatic rings. The number of aldehydes is 1. The Kier molecular flexibility index (Phi) is 3.38. The monoisotopic (exact) mass is 263 g/mol. The summed E-state index contributed by atoms with van der Waals surface area (Å²) in [5, 5.41) is 0. The number of nitrogens with zero attached hydrogens (tertiary/aromatic N) is 1. The lowest BCUT2D eigenvalue weighted by Gasteiger charge is -2.07. The van der Waals surface area contributed by atoms with Crippen molar-refractivity contribution in [3.63, 3.8) is 0 Å². The van der Waals surface area contributed by atoms with Gasteiger partial charge in [-0.15, -0.1) is 0 Å². The number of aromatic nitrogens is 1. The molecule has 1 aromatic heterocycles. The van der Waals surface area contributed by atoms with Gasteiger partial charge in [0.05, 0.1) is 6.20 Å². The van der Waals surface area contributed by atoms with Crippen LogP contribution in [0.5, 0.6) is 5.75 Å². The summed E-state index contributed by atoms with van der Waals surface area (Å²) in [6.07, 6.45) is 3.25. The number of carbonyl (C=O) groups excluding carboxylic acids is 1. The molecule has 2 aromatic rings. The van der Waals surface area contributed by atoms with Crippen molar-refractivity contribution in [3.8, 4) is 5.75 Å². The lowest BCUT2D eigenvalue weighted by atomic mass is 10.2. The maximum absolute atomic E-state index is 12.0. The van der Waals surface area contributed by atoms with Crippen LogP contribution in [-0.4, -0.2) is 19.7 Å². The Bertz CT molecular complexity index is 653. The second-order valence-electron chi connectivity index (χ2n) is 3.38. The zero-order valence-corrected chi connectivity index (χ0v) is 10.0. The van der Waals surface area contributed by atoms with Crippen LogP contribution >= 0.6 is 0 Å². The zero-order chi connectivity index (χ0) is 13.0. The molecule has 1 heterocycles. The van der Waals surface area contributed by atoms with Gasteiger partial charge >= 0.3 is 10.1 Å². The number of hydrogen-bond donors (Lipinski definition) is 0. The number of hydrogen-bond acceptors (Lipinski definition) is 5. The van der Waals surface area contributed by atoms with Crippen molar-refractivity contribution in [2.24, 2.45) is 0 Å². The molecule has 0 unspecified atom stereocenters. The fourth-order valence-electron chi connectivity index (χ4n) is 1.37. The summed E-state index contributed by atoms with van der Waals surface area (Å²) in [6, 6.07) is 8.84. The molecule has 0 atom stereocenters. The zero-order valence-electron chi connectivity index (χ0n) is 9.18. The number of pyridine rings is 1. The van der Waals surface area contributed by atoms with Crippen molar-refractivity contribution in [2.45, 2.75) is 4.90 Å². The van der Waals surface area contributed by atoms with Crippen LogP contribution in [0.15, 0.2) is 53.7 Å². The molecule has 0 fully saturated rings. The number of carbonyl (C=O) groups is 1. The Morgan fingerprint density at radius 3 is 2.56 bits per heavy atom. The van der Waals surface area contributed by atoms with Crippen LogP contribution in [0.1, 0.15) is 10.4 Å². The Morgan fingerprint density at radius 2 is 1.89 bits per heavy atom. The Morgan fingerprint density at radius 1 is 1.11 bits per heavy atom. The van der Waals surface area contributed by atoms with Crippen LogP contribution in [0.3, 0.4) is 0 Å². The van der Waals surface area contributed by atoms with Gasteiger partial charge in [0.1, 0.15) is 4.90 Å². The lowest BCUT2D eigenvalue weighted by molar-refractivity contribution is 0.112. The van der Waals surface area contributed by atoms with Crippen LogP contribution in [0.2, 0.25) is 0 Å². The summed E-state index contributed by atoms with van der Waals surface area (Å²) in [7, 11) is -4.03. The highest BCUT2D eigenvalue weighted by Crippen LogP contribution is 2.19. The van der Waals surface area contributed by atoms with E-state index in [4.69, 9.17) is 4.18 Å². The highest BCUT2D eigenvalue weighted by molar-refractivity contribution is 7.87. The topological polar surface area (TPSA) is 73.3 Å². The molecule has 0 aliphatic heterocycles. The summed E-state index contributed by atoms with van der Waals surface area (Å²) in [5.41, 5.74) is 0.0568. The van der Waals surface area contributed by atoms with Gasteiger partial charge in [0, 0.05) is 11.8 Å². The first-order valence-electron chi connectivity index (χ1n) is 5.02. The molecule has 2 rings (SSSR count). The summed E-state index contributed by atoms with van der Waals surface area (Å²) in [4.78, 5) is 14.4. The molecule has 18 heavy (non-hydrogen) atoms. The smallest absolute Gasteiger partial charge is 0.339 e. The van der Waals surface area contributed by atoms with Gasteiger partial charge in [-0.2, -0.15) is 8.42 Å². The Hall–Kier alpha value is -2.21. The van der Waals surface area contributed by atoms with E-state index in [1.807, 2.05) is 0 Å². The van der Waals surface area contributed by atoms with E-state index in [9.17, 15) is 13.2 Å². The van der Waals surface area contributed by atoms with Crippen molar-refractivity contribution < 1.29 is 17.4 Å². The first kappa shape index (κ1) is 12.3. The highest BCUT2D eigenvalue weighted by atomic mass is 32.2. The minimum atomic E-state index is -4.03. The predicted octanol–water partition coefficient (Wildman–Crippen LogP) is 1.66. The molecular formula is C12H9NO4S. The first-order chi connectivity index (χ1) is 8.63. The van der Waals surface area contributed by atoms with Crippen LogP contribution in [0.4, 0.5) is 0 Å². The third-order valence-corrected chi connectivity index (χ3v) is 3.48. The standard InChI is InChI=1S/C12H9NO4S/c14-9-10-4-1-2-6-12(10)18(15,16)17-11-5-3-7-13-8-11/h1-9H. The minimum Gasteiger partial charge on any atom is -0.377 e. The van der Waals surface area contributed by atoms with Crippen molar-refractivity contribution in [1.82, 2.24) is 4.98 Å².